The van der Waals surface area contributed by atoms with Gasteiger partial charge in [0.1, 0.15) is 42.3 Å². The van der Waals surface area contributed by atoms with Gasteiger partial charge in [-0.3, -0.25) is 53.1 Å². The average molecular weight is 1160 g/mol. The van der Waals surface area contributed by atoms with E-state index in [1.54, 1.807) is 19.4 Å². The quantitative estimate of drug-likeness (QED) is 0.0176. The molecule has 454 valence electrons. The standard InChI is InChI=1S/C52H91N19O9S/c1-3-42(72)61-28-21-43(73)65-36(19-12-26-62-51(57)58)45(75)68-39(20-13-27-63-52(59)60)47(77)70-40(22-29-81-2)49(79)67-38(18-8-11-25-55)48(78)71-41(30-32-31-64-34-15-5-4-14-33(32)34)50(80)69-37(17-7-10-24-54)46(76)66-35(44(56)74)16-6-9-23-53/h4-5,14-15,31,35-41,64H,3,6-13,16-30,53-55H2,1-2H3,(H2,56,74)(H,61,72)(H,65,73)(H,66,76)(H,67,79)(H,68,75)(H,69,80)(H,70,77)(H,71,78)(H4,57,58,62)(H4,59,60,63)/t35-,36-,37-,38-,39-,40-,41-/m0/s1. The highest BCUT2D eigenvalue weighted by Crippen LogP contribution is 2.20. The van der Waals surface area contributed by atoms with Gasteiger partial charge in [-0.25, -0.2) is 0 Å². The molecule has 81 heavy (non-hydrogen) atoms. The number of rotatable bonds is 43. The number of fused-ring (bicyclic) bond motifs is 1. The van der Waals surface area contributed by atoms with Crippen LogP contribution in [0.25, 0.3) is 10.9 Å². The van der Waals surface area contributed by atoms with Crippen LogP contribution in [-0.2, 0) is 49.6 Å². The molecule has 1 aromatic carbocycles. The number of nitrogens with zero attached hydrogens (tertiary/aromatic N) is 2. The maximum absolute atomic E-state index is 14.7. The molecule has 7 atom stereocenters. The van der Waals surface area contributed by atoms with E-state index >= 15 is 0 Å². The van der Waals surface area contributed by atoms with Crippen LogP contribution in [0.1, 0.15) is 115 Å². The van der Waals surface area contributed by atoms with Crippen LogP contribution in [0, 0.1) is 0 Å². The van der Waals surface area contributed by atoms with Gasteiger partial charge in [0.05, 0.1) is 0 Å². The highest BCUT2D eigenvalue weighted by molar-refractivity contribution is 7.98. The number of hydrogen-bond acceptors (Lipinski definition) is 15. The molecule has 0 radical (unpaired) electrons. The summed E-state index contributed by atoms with van der Waals surface area (Å²) in [6, 6.07) is -1.21. The SMILES string of the molecule is CCC(=O)NCCC(=O)N[C@@H](CCCN=C(N)N)C(=O)N[C@@H](CCCN=C(N)N)C(=O)N[C@@H](CCSC)C(=O)N[C@@H](CCCCN)C(=O)N[C@@H](Cc1c[nH]c2ccccc12)C(=O)N[C@@H](CCCCN)C(=O)N[C@@H](CCCCN)C(N)=O. The highest BCUT2D eigenvalue weighted by atomic mass is 32.2. The Morgan fingerprint density at radius 3 is 1.37 bits per heavy atom. The summed E-state index contributed by atoms with van der Waals surface area (Å²) in [5, 5.41) is 22.6. The molecule has 1 aromatic heterocycles. The smallest absolute Gasteiger partial charge is 0.243 e. The molecule has 9 amide bonds. The van der Waals surface area contributed by atoms with Crippen molar-refractivity contribution in [1.29, 1.82) is 0 Å². The van der Waals surface area contributed by atoms with Crippen molar-refractivity contribution in [2.24, 2.45) is 55.9 Å². The van der Waals surface area contributed by atoms with E-state index in [4.69, 9.17) is 45.9 Å². The fraction of sp³-hybridized carbons (Fsp3) is 0.635. The van der Waals surface area contributed by atoms with Gasteiger partial charge in [0.15, 0.2) is 11.9 Å². The maximum Gasteiger partial charge on any atom is 0.243 e. The Kier molecular flexibility index (Phi) is 34.5. The Morgan fingerprint density at radius 2 is 0.926 bits per heavy atom. The van der Waals surface area contributed by atoms with E-state index in [-0.39, 0.29) is 115 Å². The van der Waals surface area contributed by atoms with Crippen LogP contribution in [0.15, 0.2) is 40.4 Å². The van der Waals surface area contributed by atoms with Crippen LogP contribution in [0.2, 0.25) is 0 Å². The van der Waals surface area contributed by atoms with Gasteiger partial charge in [-0.1, -0.05) is 25.1 Å². The van der Waals surface area contributed by atoms with E-state index in [0.717, 1.165) is 10.9 Å². The zero-order valence-electron chi connectivity index (χ0n) is 47.0. The van der Waals surface area contributed by atoms with Gasteiger partial charge in [-0.15, -0.1) is 0 Å². The number of primary amides is 1. The summed E-state index contributed by atoms with van der Waals surface area (Å²) in [7, 11) is 0. The number of amides is 9. The lowest BCUT2D eigenvalue weighted by Crippen LogP contribution is -2.60. The first-order valence-electron chi connectivity index (χ1n) is 27.7. The van der Waals surface area contributed by atoms with Crippen LogP contribution < -0.4 is 88.4 Å². The van der Waals surface area contributed by atoms with Crippen molar-refractivity contribution >= 4 is 87.7 Å². The lowest BCUT2D eigenvalue weighted by molar-refractivity contribution is -0.136. The second-order valence-electron chi connectivity index (χ2n) is 19.4. The van der Waals surface area contributed by atoms with Crippen LogP contribution in [0.4, 0.5) is 0 Å². The van der Waals surface area contributed by atoms with E-state index in [9.17, 15) is 43.2 Å². The number of hydrogen-bond donors (Lipinski definition) is 17. The van der Waals surface area contributed by atoms with Crippen molar-refractivity contribution in [3.8, 4) is 0 Å². The Labute approximate surface area is 478 Å². The van der Waals surface area contributed by atoms with Crippen molar-refractivity contribution in [2.75, 3.05) is 51.3 Å². The molecular formula is C52H91N19O9S. The van der Waals surface area contributed by atoms with Crippen LogP contribution in [-0.4, -0.2) is 164 Å². The number of H-pyrrole nitrogens is 1. The Hall–Kier alpha value is -7.24. The number of aliphatic imine (C=N–C) groups is 2. The largest absolute Gasteiger partial charge is 0.370 e. The molecule has 0 aliphatic heterocycles. The van der Waals surface area contributed by atoms with E-state index in [0.29, 0.717) is 62.9 Å². The van der Waals surface area contributed by atoms with Gasteiger partial charge in [-0.05, 0) is 133 Å². The molecule has 2 aromatic rings. The van der Waals surface area contributed by atoms with E-state index in [1.165, 1.54) is 11.8 Å². The van der Waals surface area contributed by atoms with Crippen LogP contribution >= 0.6 is 11.8 Å². The summed E-state index contributed by atoms with van der Waals surface area (Å²) in [4.78, 5) is 134. The van der Waals surface area contributed by atoms with E-state index < -0.39 is 89.6 Å². The molecule has 0 bridgehead atoms. The topological polar surface area (TPSA) is 499 Å². The molecule has 1 heterocycles. The molecule has 0 saturated heterocycles. The normalized spacial score (nSPS) is 13.6. The summed E-state index contributed by atoms with van der Waals surface area (Å²) < 4.78 is 0. The molecule has 0 spiro atoms. The summed E-state index contributed by atoms with van der Waals surface area (Å²) in [6.07, 6.45) is 7.37. The van der Waals surface area contributed by atoms with Gasteiger partial charge in [-0.2, -0.15) is 11.8 Å². The number of aromatic nitrogens is 1. The molecule has 0 aliphatic rings. The third-order valence-corrected chi connectivity index (χ3v) is 13.6. The van der Waals surface area contributed by atoms with Crippen LogP contribution in [0.5, 0.6) is 0 Å². The monoisotopic (exact) mass is 1160 g/mol. The number of benzene rings is 1. The van der Waals surface area contributed by atoms with Gasteiger partial charge in [0.2, 0.25) is 53.2 Å². The average Bonchev–Trinajstić information content (AvgIpc) is 3.87. The molecular weight excluding hydrogens is 1070 g/mol. The Morgan fingerprint density at radius 1 is 0.519 bits per heavy atom. The minimum absolute atomic E-state index is 0.0149. The van der Waals surface area contributed by atoms with Crippen molar-refractivity contribution in [3.05, 3.63) is 36.0 Å². The zero-order chi connectivity index (χ0) is 60.1. The van der Waals surface area contributed by atoms with Gasteiger partial charge < -0.3 is 93.4 Å². The number of guanidine groups is 2. The molecule has 0 unspecified atom stereocenters. The Bertz CT molecular complexity index is 2360. The van der Waals surface area contributed by atoms with E-state index in [2.05, 4.69) is 57.5 Å². The van der Waals surface area contributed by atoms with Gasteiger partial charge in [0, 0.05) is 56.0 Å². The maximum atomic E-state index is 14.7. The predicted octanol–water partition coefficient (Wildman–Crippen LogP) is -3.25. The molecule has 25 N–H and O–H groups in total. The number of unbranched alkanes of at least 4 members (excludes halogenated alkanes) is 3. The molecule has 2 rings (SSSR count). The molecule has 29 heteroatoms. The number of nitrogens with two attached hydrogens (primary N) is 8. The number of thioether (sulfide) groups is 1. The van der Waals surface area contributed by atoms with Crippen molar-refractivity contribution < 1.29 is 43.2 Å². The molecule has 28 nitrogen and oxygen atoms in total. The van der Waals surface area contributed by atoms with E-state index in [1.807, 2.05) is 24.3 Å². The molecule has 0 fully saturated rings. The molecule has 0 saturated carbocycles. The fourth-order valence-corrected chi connectivity index (χ4v) is 8.89. The number of aromatic amines is 1. The lowest BCUT2D eigenvalue weighted by Gasteiger charge is -2.28. The Balaban J connectivity index is 2.55. The number of nitrogens with one attached hydrogen (secondary N) is 9. The number of carbonyl (C=O) groups is 9. The zero-order valence-corrected chi connectivity index (χ0v) is 47.8. The van der Waals surface area contributed by atoms with Gasteiger partial charge in [0.25, 0.3) is 0 Å². The van der Waals surface area contributed by atoms with Gasteiger partial charge >= 0.3 is 0 Å². The lowest BCUT2D eigenvalue weighted by atomic mass is 10.0. The number of para-hydroxylation sites is 1. The van der Waals surface area contributed by atoms with Crippen molar-refractivity contribution in [2.45, 2.75) is 158 Å². The number of carbonyl (C=O) groups excluding carboxylic acids is 9. The van der Waals surface area contributed by atoms with Crippen LogP contribution in [0.3, 0.4) is 0 Å². The summed E-state index contributed by atoms with van der Waals surface area (Å²) in [5.74, 6) is -5.98. The van der Waals surface area contributed by atoms with Crippen molar-refractivity contribution in [3.63, 3.8) is 0 Å². The highest BCUT2D eigenvalue weighted by Gasteiger charge is 2.34. The second-order valence-corrected chi connectivity index (χ2v) is 20.4. The summed E-state index contributed by atoms with van der Waals surface area (Å²) in [5.41, 5.74) is 46.5. The first-order chi connectivity index (χ1) is 38.8. The second kappa shape index (κ2) is 40.0. The first kappa shape index (κ1) is 69.9. The third-order valence-electron chi connectivity index (χ3n) is 12.9. The predicted molar refractivity (Wildman–Crippen MR) is 314 cm³/mol. The summed E-state index contributed by atoms with van der Waals surface area (Å²) in [6.45, 7) is 2.84. The summed E-state index contributed by atoms with van der Waals surface area (Å²) >= 11 is 1.39. The van der Waals surface area contributed by atoms with Crippen molar-refractivity contribution in [1.82, 2.24) is 47.5 Å². The fourth-order valence-electron chi connectivity index (χ4n) is 8.42. The minimum atomic E-state index is -1.33. The minimum Gasteiger partial charge on any atom is -0.370 e. The third kappa shape index (κ3) is 28.2. The molecule has 0 aliphatic carbocycles. The first-order valence-corrected chi connectivity index (χ1v) is 29.1.